The SMILES string of the molecule is CC(/C=C/c1ccncc1)=C\c1ccccc1OCCN(C)C. The molecule has 0 fully saturated rings. The summed E-state index contributed by atoms with van der Waals surface area (Å²) in [7, 11) is 4.09. The normalized spacial score (nSPS) is 12.1. The third-order valence-corrected chi connectivity index (χ3v) is 3.34. The Morgan fingerprint density at radius 1 is 1.13 bits per heavy atom. The standard InChI is InChI=1S/C20H24N2O/c1-17(8-9-18-10-12-21-13-11-18)16-19-6-4-5-7-20(19)23-15-14-22(2)3/h4-13,16H,14-15H2,1-3H3/b9-8+,17-16+. The van der Waals surface area contributed by atoms with Crippen molar-refractivity contribution in [1.29, 1.82) is 0 Å². The maximum absolute atomic E-state index is 5.89. The van der Waals surface area contributed by atoms with Crippen LogP contribution in [0, 0.1) is 0 Å². The van der Waals surface area contributed by atoms with E-state index in [1.54, 1.807) is 12.4 Å². The lowest BCUT2D eigenvalue weighted by molar-refractivity contribution is 0.261. The summed E-state index contributed by atoms with van der Waals surface area (Å²) in [4.78, 5) is 6.14. The minimum absolute atomic E-state index is 0.684. The van der Waals surface area contributed by atoms with Crippen molar-refractivity contribution in [1.82, 2.24) is 9.88 Å². The van der Waals surface area contributed by atoms with E-state index in [2.05, 4.69) is 41.1 Å². The number of ether oxygens (including phenoxy) is 1. The molecule has 0 saturated heterocycles. The molecule has 0 spiro atoms. The molecule has 0 bridgehead atoms. The van der Waals surface area contributed by atoms with Crippen LogP contribution in [-0.4, -0.2) is 37.1 Å². The predicted molar refractivity (Wildman–Crippen MR) is 97.4 cm³/mol. The minimum Gasteiger partial charge on any atom is -0.492 e. The van der Waals surface area contributed by atoms with E-state index in [-0.39, 0.29) is 0 Å². The first kappa shape index (κ1) is 17.0. The molecule has 2 aromatic rings. The number of aromatic nitrogens is 1. The second-order valence-corrected chi connectivity index (χ2v) is 5.69. The first-order valence-electron chi connectivity index (χ1n) is 7.78. The van der Waals surface area contributed by atoms with Crippen molar-refractivity contribution >= 4 is 12.2 Å². The van der Waals surface area contributed by atoms with E-state index in [1.807, 2.05) is 44.4 Å². The van der Waals surface area contributed by atoms with E-state index in [9.17, 15) is 0 Å². The molecule has 0 unspecified atom stereocenters. The average molecular weight is 308 g/mol. The van der Waals surface area contributed by atoms with E-state index >= 15 is 0 Å². The van der Waals surface area contributed by atoms with Crippen LogP contribution in [-0.2, 0) is 0 Å². The summed E-state index contributed by atoms with van der Waals surface area (Å²) in [5, 5.41) is 0. The highest BCUT2D eigenvalue weighted by atomic mass is 16.5. The molecule has 0 N–H and O–H groups in total. The Hall–Kier alpha value is -2.39. The highest BCUT2D eigenvalue weighted by Gasteiger charge is 2.01. The number of allylic oxidation sites excluding steroid dienone is 2. The number of benzene rings is 1. The summed E-state index contributed by atoms with van der Waals surface area (Å²) >= 11 is 0. The van der Waals surface area contributed by atoms with Crippen molar-refractivity contribution in [3.63, 3.8) is 0 Å². The van der Waals surface area contributed by atoms with Gasteiger partial charge in [-0.15, -0.1) is 0 Å². The Bertz CT molecular complexity index is 660. The Morgan fingerprint density at radius 2 is 1.87 bits per heavy atom. The molecule has 0 amide bonds. The zero-order valence-electron chi connectivity index (χ0n) is 14.1. The molecule has 2 rings (SSSR count). The number of nitrogens with zero attached hydrogens (tertiary/aromatic N) is 2. The van der Waals surface area contributed by atoms with Crippen LogP contribution >= 0.6 is 0 Å². The van der Waals surface area contributed by atoms with E-state index in [0.29, 0.717) is 6.61 Å². The van der Waals surface area contributed by atoms with Crippen LogP contribution in [0.3, 0.4) is 0 Å². The van der Waals surface area contributed by atoms with Crippen molar-refractivity contribution in [2.75, 3.05) is 27.2 Å². The van der Waals surface area contributed by atoms with Gasteiger partial charge in [0, 0.05) is 24.5 Å². The molecule has 1 aromatic heterocycles. The lowest BCUT2D eigenvalue weighted by atomic mass is 10.1. The number of hydrogen-bond donors (Lipinski definition) is 0. The zero-order chi connectivity index (χ0) is 16.5. The molecule has 3 heteroatoms. The summed E-state index contributed by atoms with van der Waals surface area (Å²) in [5.41, 5.74) is 3.41. The van der Waals surface area contributed by atoms with Gasteiger partial charge in [0.15, 0.2) is 0 Å². The van der Waals surface area contributed by atoms with Gasteiger partial charge >= 0.3 is 0 Å². The quantitative estimate of drug-likeness (QED) is 0.719. The van der Waals surface area contributed by atoms with Crippen molar-refractivity contribution in [3.8, 4) is 5.75 Å². The molecule has 1 aromatic carbocycles. The average Bonchev–Trinajstić information content (AvgIpc) is 2.55. The van der Waals surface area contributed by atoms with E-state index in [4.69, 9.17) is 4.74 Å². The van der Waals surface area contributed by atoms with Crippen LogP contribution in [0.4, 0.5) is 0 Å². The second-order valence-electron chi connectivity index (χ2n) is 5.69. The predicted octanol–water partition coefficient (Wildman–Crippen LogP) is 4.14. The molecule has 0 aliphatic rings. The van der Waals surface area contributed by atoms with Crippen LogP contribution in [0.15, 0.2) is 60.4 Å². The summed E-state index contributed by atoms with van der Waals surface area (Å²) in [6.07, 6.45) is 9.93. The van der Waals surface area contributed by atoms with Crippen molar-refractivity contribution in [3.05, 3.63) is 71.6 Å². The molecule has 0 radical (unpaired) electrons. The molecule has 23 heavy (non-hydrogen) atoms. The zero-order valence-corrected chi connectivity index (χ0v) is 14.1. The van der Waals surface area contributed by atoms with Crippen molar-refractivity contribution < 1.29 is 4.74 Å². The van der Waals surface area contributed by atoms with Gasteiger partial charge in [0.1, 0.15) is 12.4 Å². The Kier molecular flexibility index (Phi) is 6.57. The van der Waals surface area contributed by atoms with Crippen molar-refractivity contribution in [2.24, 2.45) is 0 Å². The first-order valence-corrected chi connectivity index (χ1v) is 7.78. The molecular weight excluding hydrogens is 284 g/mol. The molecule has 120 valence electrons. The lowest BCUT2D eigenvalue weighted by Gasteiger charge is -2.12. The molecule has 0 atom stereocenters. The number of likely N-dealkylation sites (N-methyl/N-ethyl adjacent to an activating group) is 1. The summed E-state index contributed by atoms with van der Waals surface area (Å²) < 4.78 is 5.89. The monoisotopic (exact) mass is 308 g/mol. The van der Waals surface area contributed by atoms with Gasteiger partial charge < -0.3 is 9.64 Å². The van der Waals surface area contributed by atoms with Crippen LogP contribution in [0.25, 0.3) is 12.2 Å². The third kappa shape index (κ3) is 6.09. The van der Waals surface area contributed by atoms with Gasteiger partial charge in [-0.1, -0.05) is 35.9 Å². The number of rotatable bonds is 7. The third-order valence-electron chi connectivity index (χ3n) is 3.34. The van der Waals surface area contributed by atoms with Gasteiger partial charge in [0.05, 0.1) is 0 Å². The first-order chi connectivity index (χ1) is 11.1. The van der Waals surface area contributed by atoms with E-state index in [1.165, 1.54) is 5.57 Å². The van der Waals surface area contributed by atoms with E-state index in [0.717, 1.165) is 23.4 Å². The highest BCUT2D eigenvalue weighted by Crippen LogP contribution is 2.21. The maximum Gasteiger partial charge on any atom is 0.126 e. The second kappa shape index (κ2) is 8.91. The number of pyridine rings is 1. The van der Waals surface area contributed by atoms with Gasteiger partial charge in [0.25, 0.3) is 0 Å². The number of para-hydroxylation sites is 1. The molecule has 0 aliphatic carbocycles. The molecule has 3 nitrogen and oxygen atoms in total. The van der Waals surface area contributed by atoms with Crippen LogP contribution in [0.2, 0.25) is 0 Å². The summed E-state index contributed by atoms with van der Waals surface area (Å²) in [5.74, 6) is 0.922. The minimum atomic E-state index is 0.684. The fourth-order valence-electron chi connectivity index (χ4n) is 2.07. The van der Waals surface area contributed by atoms with Crippen LogP contribution < -0.4 is 4.74 Å². The van der Waals surface area contributed by atoms with Gasteiger partial charge in [-0.25, -0.2) is 0 Å². The molecule has 0 saturated carbocycles. The van der Waals surface area contributed by atoms with Gasteiger partial charge in [-0.05, 0) is 50.9 Å². The Balaban J connectivity index is 2.07. The number of hydrogen-bond acceptors (Lipinski definition) is 3. The fraction of sp³-hybridized carbons (Fsp3) is 0.250. The molecule has 0 aliphatic heterocycles. The van der Waals surface area contributed by atoms with Crippen LogP contribution in [0.1, 0.15) is 18.1 Å². The Morgan fingerprint density at radius 3 is 2.61 bits per heavy atom. The van der Waals surface area contributed by atoms with Gasteiger partial charge in [-0.3, -0.25) is 4.98 Å². The van der Waals surface area contributed by atoms with Crippen LogP contribution in [0.5, 0.6) is 5.75 Å². The molecular formula is C20H24N2O. The highest BCUT2D eigenvalue weighted by molar-refractivity contribution is 5.64. The van der Waals surface area contributed by atoms with Gasteiger partial charge in [-0.2, -0.15) is 0 Å². The van der Waals surface area contributed by atoms with Crippen molar-refractivity contribution in [2.45, 2.75) is 6.92 Å². The Labute approximate surface area is 138 Å². The topological polar surface area (TPSA) is 25.4 Å². The largest absolute Gasteiger partial charge is 0.492 e. The summed E-state index contributed by atoms with van der Waals surface area (Å²) in [6, 6.07) is 12.1. The van der Waals surface area contributed by atoms with Gasteiger partial charge in [0.2, 0.25) is 0 Å². The molecule has 1 heterocycles. The smallest absolute Gasteiger partial charge is 0.126 e. The van der Waals surface area contributed by atoms with E-state index < -0.39 is 0 Å². The maximum atomic E-state index is 5.89. The fourth-order valence-corrected chi connectivity index (χ4v) is 2.07. The summed E-state index contributed by atoms with van der Waals surface area (Å²) in [6.45, 7) is 3.68. The lowest BCUT2D eigenvalue weighted by Crippen LogP contribution is -2.19.